The first kappa shape index (κ1) is 25.7. The van der Waals surface area contributed by atoms with Gasteiger partial charge in [-0.1, -0.05) is 29.3 Å². The molecule has 35 heavy (non-hydrogen) atoms. The molecule has 0 saturated carbocycles. The van der Waals surface area contributed by atoms with Crippen LogP contribution in [0.3, 0.4) is 0 Å². The first-order chi connectivity index (χ1) is 16.5. The molecule has 0 saturated heterocycles. The fourth-order valence-electron chi connectivity index (χ4n) is 4.34. The van der Waals surface area contributed by atoms with Crippen LogP contribution in [0.4, 0.5) is 10.5 Å². The van der Waals surface area contributed by atoms with Crippen LogP contribution in [0.2, 0.25) is 10.0 Å². The number of rotatable bonds is 3. The molecule has 2 amide bonds. The van der Waals surface area contributed by atoms with Crippen LogP contribution in [-0.4, -0.2) is 45.0 Å². The number of carbonyl (C=O) groups is 2. The zero-order chi connectivity index (χ0) is 25.5. The molecule has 2 aliphatic heterocycles. The van der Waals surface area contributed by atoms with Gasteiger partial charge in [-0.3, -0.25) is 14.6 Å². The summed E-state index contributed by atoms with van der Waals surface area (Å²) in [6, 6.07) is 11.8. The topological polar surface area (TPSA) is 65.3 Å². The summed E-state index contributed by atoms with van der Waals surface area (Å²) in [6.07, 6.45) is 1.85. The van der Waals surface area contributed by atoms with Gasteiger partial charge in [0.25, 0.3) is 0 Å². The second-order valence-corrected chi connectivity index (χ2v) is 11.8. The highest BCUT2D eigenvalue weighted by Gasteiger charge is 2.39. The number of thioether (sulfide) groups is 1. The lowest BCUT2D eigenvalue weighted by Gasteiger charge is -2.35. The quantitative estimate of drug-likeness (QED) is 0.323. The summed E-state index contributed by atoms with van der Waals surface area (Å²) in [6.45, 7) is 10.1. The average Bonchev–Trinajstić information content (AvgIpc) is 2.76. The summed E-state index contributed by atoms with van der Waals surface area (Å²) in [5.74, 6) is 0.420. The monoisotopic (exact) mass is 530 g/mol. The van der Waals surface area contributed by atoms with Crippen molar-refractivity contribution in [1.82, 2.24) is 5.01 Å². The Hall–Kier alpha value is -2.35. The van der Waals surface area contributed by atoms with Crippen molar-refractivity contribution >= 4 is 63.3 Å². The molecule has 184 valence electrons. The number of nitrogens with zero attached hydrogens (tertiary/aromatic N) is 4. The van der Waals surface area contributed by atoms with Crippen molar-refractivity contribution in [2.24, 2.45) is 10.1 Å². The van der Waals surface area contributed by atoms with E-state index in [1.165, 1.54) is 6.92 Å². The number of aryl methyl sites for hydroxylation is 1. The van der Waals surface area contributed by atoms with Gasteiger partial charge in [-0.2, -0.15) is 10.1 Å². The minimum Gasteiger partial charge on any atom is -0.326 e. The van der Waals surface area contributed by atoms with Crippen LogP contribution in [0.25, 0.3) is 0 Å². The Bertz CT molecular complexity index is 1260. The van der Waals surface area contributed by atoms with E-state index in [-0.39, 0.29) is 11.3 Å². The van der Waals surface area contributed by atoms with Crippen molar-refractivity contribution in [3.8, 4) is 0 Å². The first-order valence-corrected chi connectivity index (χ1v) is 13.1. The molecule has 2 aromatic rings. The van der Waals surface area contributed by atoms with Crippen molar-refractivity contribution < 1.29 is 9.59 Å². The Morgan fingerprint density at radius 1 is 1.17 bits per heavy atom. The minimum absolute atomic E-state index is 0.0749. The average molecular weight is 532 g/mol. The molecule has 2 aromatic carbocycles. The van der Waals surface area contributed by atoms with Crippen molar-refractivity contribution in [1.29, 1.82) is 0 Å². The van der Waals surface area contributed by atoms with Gasteiger partial charge in [0, 0.05) is 35.8 Å². The number of imide groups is 1. The third-order valence-corrected chi connectivity index (χ3v) is 7.46. The van der Waals surface area contributed by atoms with E-state index in [2.05, 4.69) is 22.1 Å². The summed E-state index contributed by atoms with van der Waals surface area (Å²) in [4.78, 5) is 31.5. The number of anilines is 1. The highest BCUT2D eigenvalue weighted by molar-refractivity contribution is 8.15. The maximum Gasteiger partial charge on any atom is 0.309 e. The summed E-state index contributed by atoms with van der Waals surface area (Å²) >= 11 is 13.9. The van der Waals surface area contributed by atoms with E-state index in [4.69, 9.17) is 28.2 Å². The van der Waals surface area contributed by atoms with E-state index >= 15 is 0 Å². The van der Waals surface area contributed by atoms with Crippen molar-refractivity contribution in [2.75, 3.05) is 11.4 Å². The molecule has 0 fully saturated rings. The fraction of sp³-hybridized carbons (Fsp3) is 0.385. The number of amidine groups is 1. The highest BCUT2D eigenvalue weighted by Crippen LogP contribution is 2.38. The predicted molar refractivity (Wildman–Crippen MR) is 146 cm³/mol. The van der Waals surface area contributed by atoms with Crippen molar-refractivity contribution in [3.63, 3.8) is 0 Å². The molecule has 0 unspecified atom stereocenters. The second-order valence-electron chi connectivity index (χ2n) is 9.43. The zero-order valence-electron chi connectivity index (χ0n) is 20.4. The predicted octanol–water partition coefficient (Wildman–Crippen LogP) is 6.80. The molecule has 0 N–H and O–H groups in total. The van der Waals surface area contributed by atoms with Gasteiger partial charge in [0.05, 0.1) is 15.5 Å². The smallest absolute Gasteiger partial charge is 0.309 e. The third-order valence-electron chi connectivity index (χ3n) is 5.86. The zero-order valence-corrected chi connectivity index (χ0v) is 22.8. The summed E-state index contributed by atoms with van der Waals surface area (Å²) < 4.78 is -0.563. The van der Waals surface area contributed by atoms with E-state index in [1.807, 2.05) is 45.9 Å². The van der Waals surface area contributed by atoms with Crippen LogP contribution >= 0.6 is 35.0 Å². The lowest BCUT2D eigenvalue weighted by atomic mass is 9.93. The van der Waals surface area contributed by atoms with Crippen LogP contribution in [0.15, 0.2) is 46.5 Å². The van der Waals surface area contributed by atoms with Crippen LogP contribution in [0.5, 0.6) is 0 Å². The summed E-state index contributed by atoms with van der Waals surface area (Å²) in [5.41, 5.74) is 4.66. The van der Waals surface area contributed by atoms with Gasteiger partial charge in [-0.25, -0.2) is 0 Å². The van der Waals surface area contributed by atoms with E-state index in [0.717, 1.165) is 64.4 Å². The summed E-state index contributed by atoms with van der Waals surface area (Å²) in [5, 5.41) is 6.19. The van der Waals surface area contributed by atoms with E-state index in [0.29, 0.717) is 15.8 Å². The number of hydrazone groups is 1. The van der Waals surface area contributed by atoms with Crippen LogP contribution in [0.1, 0.15) is 57.7 Å². The number of benzene rings is 2. The number of aliphatic imine (C=N–C) groups is 1. The molecule has 2 heterocycles. The number of hydrogen-bond acceptors (Lipinski definition) is 5. The molecule has 0 aromatic heterocycles. The number of amides is 2. The fourth-order valence-corrected chi connectivity index (χ4v) is 5.78. The lowest BCUT2D eigenvalue weighted by molar-refractivity contribution is -0.125. The molecule has 9 heteroatoms. The van der Waals surface area contributed by atoms with E-state index in [1.54, 1.807) is 6.07 Å². The summed E-state index contributed by atoms with van der Waals surface area (Å²) in [7, 11) is 0. The molecule has 6 nitrogen and oxygen atoms in total. The van der Waals surface area contributed by atoms with Gasteiger partial charge < -0.3 is 4.90 Å². The Morgan fingerprint density at radius 2 is 1.91 bits per heavy atom. The molecular weight excluding hydrogens is 503 g/mol. The van der Waals surface area contributed by atoms with Crippen LogP contribution in [0, 0.1) is 0 Å². The third kappa shape index (κ3) is 5.27. The van der Waals surface area contributed by atoms with Crippen molar-refractivity contribution in [2.45, 2.75) is 58.2 Å². The van der Waals surface area contributed by atoms with E-state index in [9.17, 15) is 9.59 Å². The molecule has 2 aliphatic rings. The Kier molecular flexibility index (Phi) is 7.32. The van der Waals surface area contributed by atoms with Crippen molar-refractivity contribution in [3.05, 3.63) is 63.1 Å². The van der Waals surface area contributed by atoms with E-state index < -0.39 is 10.7 Å². The Morgan fingerprint density at radius 3 is 2.57 bits per heavy atom. The largest absolute Gasteiger partial charge is 0.326 e. The normalized spacial score (nSPS) is 18.0. The number of halogens is 2. The van der Waals surface area contributed by atoms with Gasteiger partial charge in [0.15, 0.2) is 0 Å². The maximum absolute atomic E-state index is 12.4. The second kappa shape index (κ2) is 9.96. The first-order valence-electron chi connectivity index (χ1n) is 11.5. The molecule has 0 radical (unpaired) electrons. The molecule has 0 bridgehead atoms. The molecule has 0 atom stereocenters. The van der Waals surface area contributed by atoms with Gasteiger partial charge in [-0.15, -0.1) is 0 Å². The lowest BCUT2D eigenvalue weighted by Crippen LogP contribution is -2.43. The van der Waals surface area contributed by atoms with Gasteiger partial charge in [0.2, 0.25) is 5.91 Å². The number of fused-ring (bicyclic) bond motifs is 1. The molecule has 0 aliphatic carbocycles. The number of hydrogen-bond donors (Lipinski definition) is 0. The molecule has 0 spiro atoms. The molecular formula is C26H28Cl2N4O2S. The Labute approximate surface area is 220 Å². The maximum atomic E-state index is 12.4. The SMILES string of the molecule is CC(=O)N1N=C(c2ccc3c(c2)CCCN3C(=NC(C)C)c2ccc(Cl)cc2Cl)C(C)(C)SC1=O. The standard InChI is InChI=1S/C26H28Cl2N4O2S/c1-15(2)29-24(20-10-9-19(27)14-21(20)28)31-12-6-7-17-13-18(8-11-22(17)31)23-26(4,5)35-25(34)32(30-23)16(3)33/h8-11,13-15H,6-7,12H2,1-5H3. The Balaban J connectivity index is 1.79. The van der Waals surface area contributed by atoms with Crippen LogP contribution in [-0.2, 0) is 11.2 Å². The number of carbonyl (C=O) groups excluding carboxylic acids is 2. The van der Waals surface area contributed by atoms with Crippen LogP contribution < -0.4 is 4.90 Å². The minimum atomic E-state index is -0.563. The van der Waals surface area contributed by atoms with Gasteiger partial charge in [0.1, 0.15) is 5.84 Å². The van der Waals surface area contributed by atoms with Gasteiger partial charge in [-0.05, 0) is 93.8 Å². The molecule has 4 rings (SSSR count). The highest BCUT2D eigenvalue weighted by atomic mass is 35.5. The van der Waals surface area contributed by atoms with Gasteiger partial charge >= 0.3 is 5.24 Å².